The van der Waals surface area contributed by atoms with E-state index in [1.54, 1.807) is 24.4 Å². The highest BCUT2D eigenvalue weighted by Crippen LogP contribution is 2.24. The highest BCUT2D eigenvalue weighted by molar-refractivity contribution is 7.20. The lowest BCUT2D eigenvalue weighted by Crippen LogP contribution is -2.31. The van der Waals surface area contributed by atoms with Crippen molar-refractivity contribution in [3.8, 4) is 0 Å². The van der Waals surface area contributed by atoms with Crippen LogP contribution in [0.2, 0.25) is 0 Å². The minimum Gasteiger partial charge on any atom is -0.334 e. The van der Waals surface area contributed by atoms with Crippen LogP contribution < -0.4 is 5.56 Å². The van der Waals surface area contributed by atoms with E-state index in [2.05, 4.69) is 11.9 Å². The largest absolute Gasteiger partial charge is 0.334 e. The Hall–Kier alpha value is -2.99. The van der Waals surface area contributed by atoms with Gasteiger partial charge in [-0.3, -0.25) is 14.0 Å². The van der Waals surface area contributed by atoms with Gasteiger partial charge < -0.3 is 4.90 Å². The van der Waals surface area contributed by atoms with E-state index in [1.165, 1.54) is 15.7 Å². The maximum Gasteiger partial charge on any atom is 0.266 e. The zero-order valence-corrected chi connectivity index (χ0v) is 16.5. The first kappa shape index (κ1) is 18.4. The van der Waals surface area contributed by atoms with E-state index in [-0.39, 0.29) is 11.5 Å². The molecule has 0 saturated heterocycles. The predicted molar refractivity (Wildman–Crippen MR) is 113 cm³/mol. The van der Waals surface area contributed by atoms with Crippen LogP contribution in [0, 0.1) is 0 Å². The van der Waals surface area contributed by atoms with Gasteiger partial charge in [0.1, 0.15) is 10.5 Å². The van der Waals surface area contributed by atoms with Crippen LogP contribution in [0.15, 0.2) is 65.6 Å². The van der Waals surface area contributed by atoms with Crippen molar-refractivity contribution in [3.05, 3.63) is 81.6 Å². The van der Waals surface area contributed by atoms with Crippen LogP contribution in [0.4, 0.5) is 0 Å². The van der Waals surface area contributed by atoms with Crippen LogP contribution in [-0.4, -0.2) is 26.7 Å². The Bertz CT molecular complexity index is 1180. The molecule has 0 saturated carbocycles. The summed E-state index contributed by atoms with van der Waals surface area (Å²) >= 11 is 1.29. The Balaban J connectivity index is 1.71. The molecule has 1 amide bonds. The fourth-order valence-electron chi connectivity index (χ4n) is 3.21. The van der Waals surface area contributed by atoms with Crippen molar-refractivity contribution in [2.24, 2.45) is 0 Å². The van der Waals surface area contributed by atoms with Crippen LogP contribution >= 0.6 is 11.3 Å². The summed E-state index contributed by atoms with van der Waals surface area (Å²) < 4.78 is 1.52. The number of amides is 1. The van der Waals surface area contributed by atoms with Crippen LogP contribution in [0.25, 0.3) is 15.9 Å². The van der Waals surface area contributed by atoms with Crippen LogP contribution in [0.5, 0.6) is 0 Å². The smallest absolute Gasteiger partial charge is 0.266 e. The molecule has 0 radical (unpaired) electrons. The lowest BCUT2D eigenvalue weighted by molar-refractivity contribution is 0.0746. The van der Waals surface area contributed by atoms with Gasteiger partial charge in [0, 0.05) is 19.3 Å². The lowest BCUT2D eigenvalue weighted by atomic mass is 10.2. The molecule has 4 rings (SSSR count). The minimum absolute atomic E-state index is 0.0474. The summed E-state index contributed by atoms with van der Waals surface area (Å²) in [5, 5.41) is 0.493. The number of rotatable bonds is 6. The summed E-state index contributed by atoms with van der Waals surface area (Å²) in [7, 11) is 0. The molecule has 0 bridgehead atoms. The third kappa shape index (κ3) is 3.55. The molecule has 3 aromatic heterocycles. The number of nitrogens with zero attached hydrogens (tertiary/aromatic N) is 3. The van der Waals surface area contributed by atoms with E-state index >= 15 is 0 Å². The van der Waals surface area contributed by atoms with Crippen molar-refractivity contribution in [2.45, 2.75) is 26.3 Å². The average Bonchev–Trinajstić information content (AvgIpc) is 3.16. The number of carbonyl (C=O) groups is 1. The lowest BCUT2D eigenvalue weighted by Gasteiger charge is -2.22. The molecule has 142 valence electrons. The standard InChI is InChI=1S/C22H21N3O2S/c1-2-3-12-24(15-16-9-5-4-6-10-16)22(27)18-14-17-20(28-18)23-19-11-7-8-13-25(19)21(17)26/h4-11,13-14H,2-3,12,15H2,1H3. The van der Waals surface area contributed by atoms with E-state index in [4.69, 9.17) is 0 Å². The van der Waals surface area contributed by atoms with Crippen molar-refractivity contribution in [1.82, 2.24) is 14.3 Å². The van der Waals surface area contributed by atoms with Gasteiger partial charge in [-0.2, -0.15) is 0 Å². The van der Waals surface area contributed by atoms with Crippen molar-refractivity contribution in [2.75, 3.05) is 6.54 Å². The molecule has 6 heteroatoms. The van der Waals surface area contributed by atoms with Gasteiger partial charge in [-0.15, -0.1) is 11.3 Å². The number of unbranched alkanes of at least 4 members (excludes halogenated alkanes) is 1. The molecule has 3 heterocycles. The Morgan fingerprint density at radius 2 is 1.93 bits per heavy atom. The van der Waals surface area contributed by atoms with Gasteiger partial charge in [0.15, 0.2) is 0 Å². The fraction of sp³-hybridized carbons (Fsp3) is 0.227. The maximum absolute atomic E-state index is 13.2. The first-order valence-electron chi connectivity index (χ1n) is 9.41. The van der Waals surface area contributed by atoms with Crippen molar-refractivity contribution < 1.29 is 4.79 Å². The molecule has 0 N–H and O–H groups in total. The number of fused-ring (bicyclic) bond motifs is 2. The van der Waals surface area contributed by atoms with Gasteiger partial charge in [-0.05, 0) is 30.2 Å². The van der Waals surface area contributed by atoms with Gasteiger partial charge >= 0.3 is 0 Å². The molecule has 1 aromatic carbocycles. The van der Waals surface area contributed by atoms with E-state index in [0.29, 0.717) is 33.8 Å². The summed E-state index contributed by atoms with van der Waals surface area (Å²) in [6.07, 6.45) is 3.65. The van der Waals surface area contributed by atoms with Gasteiger partial charge in [-0.25, -0.2) is 4.98 Å². The number of hydrogen-bond acceptors (Lipinski definition) is 4. The Morgan fingerprint density at radius 1 is 1.14 bits per heavy atom. The third-order valence-corrected chi connectivity index (χ3v) is 5.73. The molecule has 0 aliphatic heterocycles. The molecule has 28 heavy (non-hydrogen) atoms. The van der Waals surface area contributed by atoms with Crippen molar-refractivity contribution in [1.29, 1.82) is 0 Å². The van der Waals surface area contributed by atoms with E-state index in [9.17, 15) is 9.59 Å². The van der Waals surface area contributed by atoms with Gasteiger partial charge in [-0.1, -0.05) is 49.7 Å². The predicted octanol–water partition coefficient (Wildman–Crippen LogP) is 4.35. The molecule has 0 unspecified atom stereocenters. The molecule has 0 atom stereocenters. The normalized spacial score (nSPS) is 11.2. The molecule has 5 nitrogen and oxygen atoms in total. The summed E-state index contributed by atoms with van der Waals surface area (Å²) in [5.41, 5.74) is 1.55. The van der Waals surface area contributed by atoms with Crippen LogP contribution in [0.3, 0.4) is 0 Å². The molecular formula is C22H21N3O2S. The summed E-state index contributed by atoms with van der Waals surface area (Å²) in [4.78, 5) is 33.6. The Labute approximate surface area is 166 Å². The van der Waals surface area contributed by atoms with Crippen LogP contribution in [0.1, 0.15) is 35.0 Å². The van der Waals surface area contributed by atoms with Gasteiger partial charge in [0.2, 0.25) is 0 Å². The van der Waals surface area contributed by atoms with Gasteiger partial charge in [0.05, 0.1) is 10.3 Å². The quantitative estimate of drug-likeness (QED) is 0.491. The van der Waals surface area contributed by atoms with Crippen molar-refractivity contribution >= 4 is 33.1 Å². The minimum atomic E-state index is -0.140. The second-order valence-electron chi connectivity index (χ2n) is 6.74. The fourth-order valence-corrected chi connectivity index (χ4v) is 4.21. The second kappa shape index (κ2) is 7.94. The number of hydrogen-bond donors (Lipinski definition) is 0. The molecule has 4 aromatic rings. The number of carbonyl (C=O) groups excluding carboxylic acids is 1. The van der Waals surface area contributed by atoms with Crippen molar-refractivity contribution in [3.63, 3.8) is 0 Å². The summed E-state index contributed by atoms with van der Waals surface area (Å²) in [5.74, 6) is -0.0474. The zero-order valence-electron chi connectivity index (χ0n) is 15.7. The van der Waals surface area contributed by atoms with Gasteiger partial charge in [0.25, 0.3) is 11.5 Å². The van der Waals surface area contributed by atoms with E-state index in [0.717, 1.165) is 18.4 Å². The topological polar surface area (TPSA) is 54.7 Å². The highest BCUT2D eigenvalue weighted by Gasteiger charge is 2.20. The average molecular weight is 391 g/mol. The molecule has 0 aliphatic carbocycles. The summed E-state index contributed by atoms with van der Waals surface area (Å²) in [6, 6.07) is 17.1. The first-order valence-corrected chi connectivity index (χ1v) is 10.2. The molecule has 0 spiro atoms. The summed E-state index contributed by atoms with van der Waals surface area (Å²) in [6.45, 7) is 3.36. The number of benzene rings is 1. The number of aromatic nitrogens is 2. The van der Waals surface area contributed by atoms with E-state index in [1.807, 2.05) is 41.3 Å². The molecule has 0 aliphatic rings. The molecular weight excluding hydrogens is 370 g/mol. The number of thiophene rings is 1. The zero-order chi connectivity index (χ0) is 19.5. The molecule has 0 fully saturated rings. The number of pyridine rings is 1. The monoisotopic (exact) mass is 391 g/mol. The SMILES string of the molecule is CCCCN(Cc1ccccc1)C(=O)c1cc2c(=O)n3ccccc3nc2s1. The third-order valence-electron chi connectivity index (χ3n) is 4.71. The second-order valence-corrected chi connectivity index (χ2v) is 7.77. The first-order chi connectivity index (χ1) is 13.7. The maximum atomic E-state index is 13.2. The van der Waals surface area contributed by atoms with E-state index < -0.39 is 0 Å². The highest BCUT2D eigenvalue weighted by atomic mass is 32.1. The Morgan fingerprint density at radius 3 is 2.71 bits per heavy atom. The van der Waals surface area contributed by atoms with Crippen LogP contribution in [-0.2, 0) is 6.54 Å². The Kier molecular flexibility index (Phi) is 5.21.